The zero-order chi connectivity index (χ0) is 38.1. The Labute approximate surface area is 285 Å². The third-order valence-corrected chi connectivity index (χ3v) is 11.9. The minimum atomic E-state index is -6.03. The average molecular weight is 805 g/mol. The molecule has 52 heavy (non-hydrogen) atoms. The van der Waals surface area contributed by atoms with Crippen LogP contribution in [-0.2, 0) is 47.9 Å². The van der Waals surface area contributed by atoms with E-state index in [2.05, 4.69) is 42.6 Å². The highest BCUT2D eigenvalue weighted by molar-refractivity contribution is 7.66. The van der Waals surface area contributed by atoms with Crippen LogP contribution in [0, 0.1) is 0 Å². The topological polar surface area (TPSA) is 398 Å². The van der Waals surface area contributed by atoms with Crippen LogP contribution in [0.3, 0.4) is 0 Å². The molecule has 0 spiro atoms. The largest absolute Gasteiger partial charge is 0.490 e. The second-order valence-electron chi connectivity index (χ2n) is 11.2. The van der Waals surface area contributed by atoms with Crippen molar-refractivity contribution >= 4 is 57.7 Å². The number of anilines is 2. The summed E-state index contributed by atoms with van der Waals surface area (Å²) in [5.74, 6) is -0.636. The lowest BCUT2D eigenvalue weighted by Gasteiger charge is -2.21. The van der Waals surface area contributed by atoms with Crippen molar-refractivity contribution in [3.05, 3.63) is 33.4 Å². The number of aryl methyl sites for hydroxylation is 1. The smallest absolute Gasteiger partial charge is 0.387 e. The van der Waals surface area contributed by atoms with Gasteiger partial charge < -0.3 is 50.9 Å². The third-order valence-electron chi connectivity index (χ3n) is 7.64. The molecule has 12 N–H and O–H groups in total. The van der Waals surface area contributed by atoms with Crippen molar-refractivity contribution in [3.8, 4) is 0 Å². The molecular formula is C21H29FN10O17P3+. The lowest BCUT2D eigenvalue weighted by atomic mass is 10.1. The van der Waals surface area contributed by atoms with Gasteiger partial charge in [0.15, 0.2) is 29.9 Å². The molecule has 0 aliphatic carbocycles. The van der Waals surface area contributed by atoms with E-state index in [0.29, 0.717) is 0 Å². The Balaban J connectivity index is 1.05. The first-order chi connectivity index (χ1) is 24.2. The molecule has 6 rings (SSSR count). The number of aliphatic hydroxyl groups excluding tert-OH is 3. The molecule has 27 nitrogen and oxygen atoms in total. The van der Waals surface area contributed by atoms with Gasteiger partial charge in [0.1, 0.15) is 30.5 Å². The number of rotatable bonds is 12. The van der Waals surface area contributed by atoms with Crippen molar-refractivity contribution in [2.45, 2.75) is 49.1 Å². The van der Waals surface area contributed by atoms with E-state index in [0.717, 1.165) is 15.5 Å². The number of ether oxygens (including phenoxy) is 2. The van der Waals surface area contributed by atoms with Gasteiger partial charge in [-0.1, -0.05) is 4.98 Å². The molecule has 4 aromatic rings. The number of aromatic nitrogens is 8. The number of imidazole rings is 2. The number of hydrogen-bond acceptors (Lipinski definition) is 19. The molecule has 2 saturated heterocycles. The number of fused-ring (bicyclic) bond motifs is 2. The summed E-state index contributed by atoms with van der Waals surface area (Å²) in [7, 11) is -16.0. The zero-order valence-corrected chi connectivity index (χ0v) is 28.6. The molecule has 0 amide bonds. The Morgan fingerprint density at radius 2 is 1.48 bits per heavy atom. The summed E-state index contributed by atoms with van der Waals surface area (Å²) in [6.07, 6.45) is -12.2. The summed E-state index contributed by atoms with van der Waals surface area (Å²) in [5.41, 5.74) is 9.15. The van der Waals surface area contributed by atoms with Gasteiger partial charge in [0.05, 0.1) is 26.6 Å². The van der Waals surface area contributed by atoms with Crippen molar-refractivity contribution in [2.24, 2.45) is 7.05 Å². The Kier molecular flexibility index (Phi) is 10.1. The second-order valence-corrected chi connectivity index (χ2v) is 15.9. The predicted molar refractivity (Wildman–Crippen MR) is 163 cm³/mol. The number of aliphatic hydroxyl groups is 3. The van der Waals surface area contributed by atoms with Crippen LogP contribution in [0.5, 0.6) is 0 Å². The van der Waals surface area contributed by atoms with Crippen molar-refractivity contribution in [3.63, 3.8) is 0 Å². The van der Waals surface area contributed by atoms with Gasteiger partial charge in [0, 0.05) is 0 Å². The summed E-state index contributed by atoms with van der Waals surface area (Å²) in [6, 6.07) is 0. The summed E-state index contributed by atoms with van der Waals surface area (Å²) in [4.78, 5) is 70.4. The fourth-order valence-corrected chi connectivity index (χ4v) is 8.93. The molecule has 2 fully saturated rings. The normalized spacial score (nSPS) is 30.1. The fourth-order valence-electron chi connectivity index (χ4n) is 5.40. The number of alkyl halides is 1. The highest BCUT2D eigenvalue weighted by Gasteiger charge is 2.51. The van der Waals surface area contributed by atoms with E-state index in [1.54, 1.807) is 0 Å². The molecule has 0 radical (unpaired) electrons. The standard InChI is InChI=1S/C21H28FN10O17P3/c1-30-5-32(15-10(30)17(37)29-21(24)27-15)18-8(22)11(33)6(46-18)2-44-50(38,39)48-52(42,43)49-51(40,41)45-3-7-12(34)13(35)19(47-7)31-4-25-9-14(31)26-20(23)28-16(9)36/h4-8,11-13,18-19,33-35H,2-3H2,1H3,(H8-,23,24,26,27,28,29,36,37,38,39,40,41,42,43)/p+1/t6-,7+,8-,11-,12+,13+,18-,19+/m0/s1. The average Bonchev–Trinajstić information content (AvgIpc) is 3.74. The van der Waals surface area contributed by atoms with Crippen LogP contribution in [0.25, 0.3) is 22.3 Å². The van der Waals surface area contributed by atoms with Crippen LogP contribution in [-0.4, -0.2) is 114 Å². The molecule has 6 heterocycles. The first-order valence-electron chi connectivity index (χ1n) is 14.3. The monoisotopic (exact) mass is 805 g/mol. The molecule has 2 aliphatic heterocycles. The summed E-state index contributed by atoms with van der Waals surface area (Å²) < 4.78 is 83.7. The molecule has 286 valence electrons. The number of nitrogens with one attached hydrogen (secondary N) is 2. The van der Waals surface area contributed by atoms with Crippen molar-refractivity contribution in [1.29, 1.82) is 0 Å². The SMILES string of the molecule is Cn1c[n+]([C@H]2O[C@@H](COP(=O)(O)OP(=O)(O)OP(=O)(O)OC[C@H]3O[C@@H](n4cnc5c(=O)[nH]c(N)nc54)[C@H](O)[C@@H]3O)[C@H](O)[C@@H]2F)c2nc(N)[nH]c(=O)c21. The summed E-state index contributed by atoms with van der Waals surface area (Å²) in [5, 5.41) is 31.3. The van der Waals surface area contributed by atoms with Gasteiger partial charge in [-0.3, -0.25) is 37.7 Å². The Bertz CT molecular complexity index is 2280. The third kappa shape index (κ3) is 7.45. The number of hydrogen-bond donors (Lipinski definition) is 10. The lowest BCUT2D eigenvalue weighted by molar-refractivity contribution is -0.744. The summed E-state index contributed by atoms with van der Waals surface area (Å²) >= 11 is 0. The zero-order valence-electron chi connectivity index (χ0n) is 25.9. The molecule has 4 aromatic heterocycles. The Hall–Kier alpha value is -3.56. The number of aromatic amines is 2. The molecule has 2 aliphatic rings. The number of nitrogen functional groups attached to an aromatic ring is 2. The van der Waals surface area contributed by atoms with Crippen LogP contribution >= 0.6 is 23.5 Å². The van der Waals surface area contributed by atoms with Crippen molar-refractivity contribution in [1.82, 2.24) is 34.1 Å². The minimum Gasteiger partial charge on any atom is -0.387 e. The van der Waals surface area contributed by atoms with Crippen LogP contribution in [0.1, 0.15) is 12.5 Å². The maximum atomic E-state index is 15.1. The number of halogens is 1. The van der Waals surface area contributed by atoms with Crippen molar-refractivity contribution < 1.29 is 79.8 Å². The van der Waals surface area contributed by atoms with Crippen LogP contribution in [0.4, 0.5) is 16.3 Å². The minimum absolute atomic E-state index is 0.0457. The molecule has 0 saturated carbocycles. The maximum absolute atomic E-state index is 15.1. The number of nitrogens with two attached hydrogens (primary N) is 2. The number of nitrogens with zero attached hydrogens (tertiary/aromatic N) is 6. The van der Waals surface area contributed by atoms with E-state index in [1.165, 1.54) is 17.9 Å². The van der Waals surface area contributed by atoms with Crippen molar-refractivity contribution in [2.75, 3.05) is 24.7 Å². The molecule has 3 unspecified atom stereocenters. The molecule has 0 bridgehead atoms. The quantitative estimate of drug-likeness (QED) is 0.0489. The first kappa shape index (κ1) is 38.2. The highest BCUT2D eigenvalue weighted by Crippen LogP contribution is 2.67. The highest BCUT2D eigenvalue weighted by atomic mass is 31.3. The van der Waals surface area contributed by atoms with Gasteiger partial charge in [-0.25, -0.2) is 27.6 Å². The first-order valence-corrected chi connectivity index (χ1v) is 18.8. The number of phosphoric acid groups is 3. The van der Waals surface area contributed by atoms with E-state index in [-0.39, 0.29) is 34.2 Å². The molecule has 31 heteroatoms. The maximum Gasteiger partial charge on any atom is 0.490 e. The van der Waals surface area contributed by atoms with Crippen LogP contribution < -0.4 is 27.2 Å². The number of H-pyrrole nitrogens is 2. The fraction of sp³-hybridized carbons (Fsp3) is 0.524. The molecular weight excluding hydrogens is 776 g/mol. The summed E-state index contributed by atoms with van der Waals surface area (Å²) in [6.45, 7) is -2.27. The van der Waals surface area contributed by atoms with Gasteiger partial charge in [0.2, 0.25) is 17.7 Å². The predicted octanol–water partition coefficient (Wildman–Crippen LogP) is -3.57. The van der Waals surface area contributed by atoms with Gasteiger partial charge in [-0.2, -0.15) is 13.6 Å². The van der Waals surface area contributed by atoms with Crippen LogP contribution in [0.2, 0.25) is 0 Å². The van der Waals surface area contributed by atoms with Gasteiger partial charge >= 0.3 is 29.1 Å². The van der Waals surface area contributed by atoms with E-state index < -0.39 is 96.9 Å². The van der Waals surface area contributed by atoms with Crippen LogP contribution in [0.15, 0.2) is 22.2 Å². The molecule has 0 aromatic carbocycles. The second kappa shape index (κ2) is 13.7. The lowest BCUT2D eigenvalue weighted by Crippen LogP contribution is -2.44. The molecule has 11 atom stereocenters. The van der Waals surface area contributed by atoms with Gasteiger partial charge in [0.25, 0.3) is 17.1 Å². The van der Waals surface area contributed by atoms with E-state index in [9.17, 15) is 53.3 Å². The Morgan fingerprint density at radius 1 is 0.904 bits per heavy atom. The van der Waals surface area contributed by atoms with E-state index in [1.807, 2.05) is 0 Å². The van der Waals surface area contributed by atoms with Gasteiger partial charge in [-0.15, -0.1) is 0 Å². The number of phosphoric ester groups is 2. The Morgan fingerprint density at radius 3 is 2.12 bits per heavy atom. The van der Waals surface area contributed by atoms with E-state index in [4.69, 9.17) is 20.9 Å². The van der Waals surface area contributed by atoms with Gasteiger partial charge in [-0.05, 0) is 0 Å². The van der Waals surface area contributed by atoms with E-state index >= 15 is 4.39 Å².